The minimum atomic E-state index is -4.65. The molecule has 1 fully saturated rings. The van der Waals surface area contributed by atoms with Crippen LogP contribution in [-0.2, 0) is 4.74 Å². The Morgan fingerprint density at radius 2 is 2.16 bits per heavy atom. The van der Waals surface area contributed by atoms with E-state index in [2.05, 4.69) is 36.9 Å². The Balaban J connectivity index is 1.25. The monoisotopic (exact) mass is 456 g/mol. The summed E-state index contributed by atoms with van der Waals surface area (Å²) in [7, 11) is 0. The molecular formula is C18H16ClF3N6O3. The molecule has 0 aromatic carbocycles. The third-order valence-corrected chi connectivity index (χ3v) is 4.94. The molecule has 1 aliphatic carbocycles. The molecule has 3 heterocycles. The van der Waals surface area contributed by atoms with Crippen molar-refractivity contribution in [1.29, 1.82) is 0 Å². The quantitative estimate of drug-likeness (QED) is 0.580. The van der Waals surface area contributed by atoms with Gasteiger partial charge in [0, 0.05) is 35.3 Å². The summed E-state index contributed by atoms with van der Waals surface area (Å²) >= 11 is 5.89. The van der Waals surface area contributed by atoms with Gasteiger partial charge in [0.15, 0.2) is 5.65 Å². The number of carbonyl (C=O) groups is 1. The standard InChI is InChI=1S/C18H16ClF3N6O3/c1-9(16-25-26-17(30-16)10-6-12(7-10)31-18(20,21)22)2-4-23-15(29)14-24-13-8-11(19)3-5-28(13)27-14/h3,5,8,10,12H,1-2,4,6-7H2,(H,23,29). The van der Waals surface area contributed by atoms with Gasteiger partial charge in [0.2, 0.25) is 17.6 Å². The predicted octanol–water partition coefficient (Wildman–Crippen LogP) is 3.38. The molecule has 0 atom stereocenters. The largest absolute Gasteiger partial charge is 0.522 e. The van der Waals surface area contributed by atoms with Crippen LogP contribution in [0.3, 0.4) is 0 Å². The number of aromatic nitrogens is 5. The van der Waals surface area contributed by atoms with E-state index in [1.807, 2.05) is 0 Å². The first-order chi connectivity index (χ1) is 14.7. The van der Waals surface area contributed by atoms with Gasteiger partial charge in [0.25, 0.3) is 5.91 Å². The number of ether oxygens (including phenoxy) is 1. The maximum Gasteiger partial charge on any atom is 0.522 e. The van der Waals surface area contributed by atoms with E-state index >= 15 is 0 Å². The molecule has 164 valence electrons. The van der Waals surface area contributed by atoms with Crippen LogP contribution in [0.2, 0.25) is 5.02 Å². The van der Waals surface area contributed by atoms with Gasteiger partial charge in [-0.2, -0.15) is 0 Å². The SMILES string of the molecule is C=C(CCNC(=O)c1nc2cc(Cl)ccn2n1)c1nnc(C2CC(OC(F)(F)F)C2)o1. The highest BCUT2D eigenvalue weighted by molar-refractivity contribution is 6.30. The number of fused-ring (bicyclic) bond motifs is 1. The first-order valence-corrected chi connectivity index (χ1v) is 9.62. The van der Waals surface area contributed by atoms with Crippen LogP contribution < -0.4 is 5.32 Å². The van der Waals surface area contributed by atoms with Gasteiger partial charge in [-0.15, -0.1) is 28.5 Å². The Hall–Kier alpha value is -2.99. The van der Waals surface area contributed by atoms with Gasteiger partial charge in [-0.1, -0.05) is 18.2 Å². The summed E-state index contributed by atoms with van der Waals surface area (Å²) in [4.78, 5) is 16.3. The molecule has 3 aromatic heterocycles. The summed E-state index contributed by atoms with van der Waals surface area (Å²) in [5, 5.41) is 15.0. The molecular weight excluding hydrogens is 441 g/mol. The highest BCUT2D eigenvalue weighted by Gasteiger charge is 2.42. The molecule has 0 aliphatic heterocycles. The van der Waals surface area contributed by atoms with Crippen LogP contribution in [0.1, 0.15) is 47.6 Å². The van der Waals surface area contributed by atoms with Crippen LogP contribution in [0.15, 0.2) is 29.3 Å². The van der Waals surface area contributed by atoms with Crippen molar-refractivity contribution < 1.29 is 27.1 Å². The van der Waals surface area contributed by atoms with Crippen LogP contribution in [0.5, 0.6) is 0 Å². The van der Waals surface area contributed by atoms with Crippen LogP contribution in [-0.4, -0.2) is 49.7 Å². The second-order valence-electron chi connectivity index (χ2n) is 6.99. The molecule has 0 radical (unpaired) electrons. The third-order valence-electron chi connectivity index (χ3n) is 4.70. The second kappa shape index (κ2) is 8.27. The van der Waals surface area contributed by atoms with E-state index in [1.54, 1.807) is 18.3 Å². The lowest BCUT2D eigenvalue weighted by Gasteiger charge is -2.32. The highest BCUT2D eigenvalue weighted by atomic mass is 35.5. The number of amides is 1. The molecule has 1 amide bonds. The van der Waals surface area contributed by atoms with Crippen molar-refractivity contribution in [2.75, 3.05) is 6.54 Å². The van der Waals surface area contributed by atoms with E-state index in [0.29, 0.717) is 22.7 Å². The normalized spacial score (nSPS) is 18.7. The lowest BCUT2D eigenvalue weighted by molar-refractivity contribution is -0.352. The van der Waals surface area contributed by atoms with Gasteiger partial charge in [-0.25, -0.2) is 9.50 Å². The number of hydrogen-bond donors (Lipinski definition) is 1. The van der Waals surface area contributed by atoms with Crippen LogP contribution in [0.25, 0.3) is 11.2 Å². The van der Waals surface area contributed by atoms with Crippen LogP contribution in [0.4, 0.5) is 13.2 Å². The first kappa shape index (κ1) is 21.2. The average Bonchev–Trinajstić information content (AvgIpc) is 3.30. The van der Waals surface area contributed by atoms with Crippen molar-refractivity contribution in [1.82, 2.24) is 30.1 Å². The summed E-state index contributed by atoms with van der Waals surface area (Å²) < 4.78 is 47.5. The van der Waals surface area contributed by atoms with E-state index in [0.717, 1.165) is 0 Å². The Labute approximate surface area is 178 Å². The molecule has 0 spiro atoms. The number of rotatable bonds is 7. The zero-order valence-corrected chi connectivity index (χ0v) is 16.7. The molecule has 3 aromatic rings. The fourth-order valence-electron chi connectivity index (χ4n) is 3.06. The van der Waals surface area contributed by atoms with Crippen molar-refractivity contribution >= 4 is 28.7 Å². The summed E-state index contributed by atoms with van der Waals surface area (Å²) in [6.07, 6.45) is -3.34. The van der Waals surface area contributed by atoms with Crippen molar-refractivity contribution in [3.05, 3.63) is 47.5 Å². The van der Waals surface area contributed by atoms with E-state index < -0.39 is 18.4 Å². The third kappa shape index (κ3) is 5.02. The molecule has 1 N–H and O–H groups in total. The molecule has 1 saturated carbocycles. The van der Waals surface area contributed by atoms with E-state index in [1.165, 1.54) is 4.52 Å². The predicted molar refractivity (Wildman–Crippen MR) is 101 cm³/mol. The maximum atomic E-state index is 12.2. The van der Waals surface area contributed by atoms with Crippen LogP contribution in [0, 0.1) is 0 Å². The minimum absolute atomic E-state index is 0.00595. The van der Waals surface area contributed by atoms with Gasteiger partial charge in [0.1, 0.15) is 0 Å². The lowest BCUT2D eigenvalue weighted by Crippen LogP contribution is -2.34. The minimum Gasteiger partial charge on any atom is -0.421 e. The van der Waals surface area contributed by atoms with Crippen molar-refractivity contribution in [2.24, 2.45) is 0 Å². The van der Waals surface area contributed by atoms with E-state index in [4.69, 9.17) is 16.0 Å². The number of hydrogen-bond acceptors (Lipinski definition) is 7. The summed E-state index contributed by atoms with van der Waals surface area (Å²) in [6.45, 7) is 4.07. The fourth-order valence-corrected chi connectivity index (χ4v) is 3.21. The summed E-state index contributed by atoms with van der Waals surface area (Å²) in [5.74, 6) is -0.340. The van der Waals surface area contributed by atoms with Crippen LogP contribution >= 0.6 is 11.6 Å². The number of halogens is 4. The highest BCUT2D eigenvalue weighted by Crippen LogP contribution is 2.41. The van der Waals surface area contributed by atoms with Gasteiger partial charge in [-0.3, -0.25) is 9.53 Å². The van der Waals surface area contributed by atoms with Crippen molar-refractivity contribution in [3.63, 3.8) is 0 Å². The zero-order chi connectivity index (χ0) is 22.2. The Morgan fingerprint density at radius 3 is 2.90 bits per heavy atom. The number of pyridine rings is 1. The number of alkyl halides is 3. The molecule has 31 heavy (non-hydrogen) atoms. The second-order valence-corrected chi connectivity index (χ2v) is 7.43. The number of nitrogens with zero attached hydrogens (tertiary/aromatic N) is 5. The van der Waals surface area contributed by atoms with Gasteiger partial charge >= 0.3 is 6.36 Å². The summed E-state index contributed by atoms with van der Waals surface area (Å²) in [5.41, 5.74) is 0.926. The topological polar surface area (TPSA) is 107 Å². The Morgan fingerprint density at radius 1 is 1.39 bits per heavy atom. The lowest BCUT2D eigenvalue weighted by atomic mass is 9.82. The number of nitrogens with one attached hydrogen (secondary N) is 1. The Bertz CT molecular complexity index is 1120. The molecule has 4 rings (SSSR count). The maximum absolute atomic E-state index is 12.2. The molecule has 9 nitrogen and oxygen atoms in total. The van der Waals surface area contributed by atoms with Gasteiger partial charge in [-0.05, 0) is 25.3 Å². The molecule has 0 unspecified atom stereocenters. The average molecular weight is 457 g/mol. The summed E-state index contributed by atoms with van der Waals surface area (Å²) in [6, 6.07) is 3.21. The molecule has 0 saturated heterocycles. The smallest absolute Gasteiger partial charge is 0.421 e. The van der Waals surface area contributed by atoms with E-state index in [-0.39, 0.29) is 42.9 Å². The molecule has 13 heteroatoms. The van der Waals surface area contributed by atoms with Gasteiger partial charge < -0.3 is 9.73 Å². The molecule has 0 bridgehead atoms. The Kier molecular flexibility index (Phi) is 5.67. The zero-order valence-electron chi connectivity index (χ0n) is 15.9. The van der Waals surface area contributed by atoms with Crippen molar-refractivity contribution in [3.8, 4) is 0 Å². The van der Waals surface area contributed by atoms with E-state index in [9.17, 15) is 18.0 Å². The fraction of sp³-hybridized carbons (Fsp3) is 0.389. The van der Waals surface area contributed by atoms with Crippen molar-refractivity contribution in [2.45, 2.75) is 37.6 Å². The number of carbonyl (C=O) groups excluding carboxylic acids is 1. The van der Waals surface area contributed by atoms with Gasteiger partial charge in [0.05, 0.1) is 6.10 Å². The first-order valence-electron chi connectivity index (χ1n) is 9.24. The molecule has 1 aliphatic rings.